The zero-order valence-corrected chi connectivity index (χ0v) is 16.3. The first-order valence-electron chi connectivity index (χ1n) is 9.70. The third-order valence-corrected chi connectivity index (χ3v) is 5.43. The smallest absolute Gasteiger partial charge is 0.0375 e. The molecule has 0 amide bonds. The van der Waals surface area contributed by atoms with E-state index in [1.54, 1.807) is 0 Å². The van der Waals surface area contributed by atoms with E-state index in [0.717, 1.165) is 12.8 Å². The average molecular weight is 356 g/mol. The largest absolute Gasteiger partial charge is 0.394 e. The molecule has 1 heteroatoms. The van der Waals surface area contributed by atoms with Crippen LogP contribution in [0.2, 0.25) is 0 Å². The Morgan fingerprint density at radius 3 is 1.96 bits per heavy atom. The van der Waals surface area contributed by atoms with Gasteiger partial charge in [0.2, 0.25) is 0 Å². The lowest BCUT2D eigenvalue weighted by Crippen LogP contribution is -2.32. The highest BCUT2D eigenvalue weighted by atomic mass is 14.8. The van der Waals surface area contributed by atoms with E-state index in [2.05, 4.69) is 103 Å². The van der Waals surface area contributed by atoms with Crippen LogP contribution < -0.4 is 5.32 Å². The molecule has 3 rings (SSSR count). The molecule has 0 aromatic heterocycles. The monoisotopic (exact) mass is 355 g/mol. The van der Waals surface area contributed by atoms with Crippen LogP contribution in [0.4, 0.5) is 0 Å². The molecule has 0 aromatic rings. The molecular weight excluding hydrogens is 326 g/mol. The van der Waals surface area contributed by atoms with Crippen LogP contribution in [0.5, 0.6) is 0 Å². The van der Waals surface area contributed by atoms with Crippen LogP contribution in [0.1, 0.15) is 19.8 Å². The van der Waals surface area contributed by atoms with Gasteiger partial charge in [0.1, 0.15) is 0 Å². The summed E-state index contributed by atoms with van der Waals surface area (Å²) < 4.78 is 0. The second-order valence-electron chi connectivity index (χ2n) is 7.27. The van der Waals surface area contributed by atoms with Crippen LogP contribution in [-0.4, -0.2) is 7.05 Å². The Kier molecular flexibility index (Phi) is 6.13. The third-order valence-electron chi connectivity index (χ3n) is 5.43. The minimum atomic E-state index is -0.234. The predicted molar refractivity (Wildman–Crippen MR) is 118 cm³/mol. The molecule has 0 radical (unpaired) electrons. The maximum Gasteiger partial charge on any atom is 0.0375 e. The molecule has 0 aliphatic heterocycles. The Morgan fingerprint density at radius 1 is 0.778 bits per heavy atom. The summed E-state index contributed by atoms with van der Waals surface area (Å²) in [6.45, 7) is 2.30. The second kappa shape index (κ2) is 8.73. The molecular formula is C26H29N. The van der Waals surface area contributed by atoms with E-state index in [9.17, 15) is 0 Å². The predicted octanol–water partition coefficient (Wildman–Crippen LogP) is 6.28. The van der Waals surface area contributed by atoms with Crippen LogP contribution in [0.15, 0.2) is 121 Å². The summed E-state index contributed by atoms with van der Waals surface area (Å²) >= 11 is 0. The van der Waals surface area contributed by atoms with Gasteiger partial charge in [0.25, 0.3) is 0 Å². The van der Waals surface area contributed by atoms with Crippen LogP contribution >= 0.6 is 0 Å². The third kappa shape index (κ3) is 4.31. The van der Waals surface area contributed by atoms with Gasteiger partial charge >= 0.3 is 0 Å². The lowest BCUT2D eigenvalue weighted by Gasteiger charge is -2.39. The highest BCUT2D eigenvalue weighted by Gasteiger charge is 2.40. The maximum absolute atomic E-state index is 3.00. The summed E-state index contributed by atoms with van der Waals surface area (Å²) in [4.78, 5) is 0. The zero-order valence-electron chi connectivity index (χ0n) is 16.3. The summed E-state index contributed by atoms with van der Waals surface area (Å²) in [6, 6.07) is 0. The molecule has 3 aliphatic carbocycles. The lowest BCUT2D eigenvalue weighted by atomic mass is 9.63. The van der Waals surface area contributed by atoms with Gasteiger partial charge in [-0.15, -0.1) is 0 Å². The molecule has 0 bridgehead atoms. The molecule has 0 fully saturated rings. The van der Waals surface area contributed by atoms with Gasteiger partial charge in [-0.05, 0) is 36.3 Å². The molecule has 1 N–H and O–H groups in total. The molecule has 0 spiro atoms. The highest BCUT2D eigenvalue weighted by Crippen LogP contribution is 2.48. The van der Waals surface area contributed by atoms with E-state index in [-0.39, 0.29) is 10.8 Å². The molecule has 0 saturated carbocycles. The summed E-state index contributed by atoms with van der Waals surface area (Å²) in [6.07, 6.45) is 41.8. The average Bonchev–Trinajstić information content (AvgIpc) is 3.03. The van der Waals surface area contributed by atoms with Crippen molar-refractivity contribution in [2.24, 2.45) is 10.8 Å². The van der Waals surface area contributed by atoms with E-state index in [0.29, 0.717) is 0 Å². The van der Waals surface area contributed by atoms with Gasteiger partial charge in [0.15, 0.2) is 0 Å². The zero-order chi connectivity index (χ0) is 19.0. The van der Waals surface area contributed by atoms with Gasteiger partial charge in [-0.25, -0.2) is 0 Å². The van der Waals surface area contributed by atoms with Gasteiger partial charge < -0.3 is 5.32 Å². The minimum absolute atomic E-state index is 0.150. The summed E-state index contributed by atoms with van der Waals surface area (Å²) in [5, 5.41) is 3.00. The first kappa shape index (κ1) is 19.0. The molecule has 0 saturated heterocycles. The fourth-order valence-corrected chi connectivity index (χ4v) is 3.68. The Bertz CT molecular complexity index is 785. The van der Waals surface area contributed by atoms with Gasteiger partial charge in [-0.1, -0.05) is 104 Å². The molecule has 138 valence electrons. The summed E-state index contributed by atoms with van der Waals surface area (Å²) in [7, 11) is 1.90. The van der Waals surface area contributed by atoms with Crippen molar-refractivity contribution in [1.82, 2.24) is 5.32 Å². The van der Waals surface area contributed by atoms with Crippen LogP contribution in [0, 0.1) is 10.8 Å². The van der Waals surface area contributed by atoms with Crippen molar-refractivity contribution in [3.05, 3.63) is 121 Å². The first-order valence-corrected chi connectivity index (χ1v) is 9.70. The van der Waals surface area contributed by atoms with Gasteiger partial charge in [-0.3, -0.25) is 0 Å². The van der Waals surface area contributed by atoms with Crippen LogP contribution in [0.25, 0.3) is 0 Å². The van der Waals surface area contributed by atoms with Crippen LogP contribution in [0.3, 0.4) is 0 Å². The molecule has 0 heterocycles. The Labute approximate surface area is 163 Å². The summed E-state index contributed by atoms with van der Waals surface area (Å²) in [5.74, 6) is 0. The standard InChI is InChI=1S/C26H29N/c1-25(17-9-3-4-10-18-25)26(19-11-5-6-12-22-27-2)20-15-23-13-7-8-14-24(23)16-21-26/h3-6,9-22,27H,7-8H2,1-2H3/b6-5-,19-11+,22-12-. The SMILES string of the molecule is CN\C=C/C=C\C=C\C1(C2(C)C=CC=CC=C2)C=CC2=CCCC=C2C=C1. The van der Waals surface area contributed by atoms with E-state index >= 15 is 0 Å². The van der Waals surface area contributed by atoms with E-state index < -0.39 is 0 Å². The Morgan fingerprint density at radius 2 is 1.37 bits per heavy atom. The quantitative estimate of drug-likeness (QED) is 0.572. The highest BCUT2D eigenvalue weighted by molar-refractivity contribution is 5.54. The van der Waals surface area contributed by atoms with Gasteiger partial charge in [-0.2, -0.15) is 0 Å². The molecule has 0 unspecified atom stereocenters. The van der Waals surface area contributed by atoms with Gasteiger partial charge in [0, 0.05) is 17.9 Å². The molecule has 1 nitrogen and oxygen atoms in total. The Hall–Kier alpha value is -2.80. The number of rotatable bonds is 5. The molecule has 27 heavy (non-hydrogen) atoms. The normalized spacial score (nSPS) is 22.7. The van der Waals surface area contributed by atoms with E-state index in [4.69, 9.17) is 0 Å². The molecule has 0 atom stereocenters. The molecule has 3 aliphatic rings. The number of allylic oxidation sites excluding steroid dienone is 19. The summed E-state index contributed by atoms with van der Waals surface area (Å²) in [5.41, 5.74) is 2.29. The van der Waals surface area contributed by atoms with Crippen LogP contribution in [-0.2, 0) is 0 Å². The van der Waals surface area contributed by atoms with E-state index in [1.807, 2.05) is 25.4 Å². The minimum Gasteiger partial charge on any atom is -0.394 e. The molecule has 0 aromatic carbocycles. The van der Waals surface area contributed by atoms with Crippen molar-refractivity contribution in [3.8, 4) is 0 Å². The van der Waals surface area contributed by atoms with Crippen molar-refractivity contribution in [2.75, 3.05) is 7.05 Å². The van der Waals surface area contributed by atoms with Crippen molar-refractivity contribution in [2.45, 2.75) is 19.8 Å². The van der Waals surface area contributed by atoms with Crippen molar-refractivity contribution < 1.29 is 0 Å². The number of fused-ring (bicyclic) bond motifs is 1. The van der Waals surface area contributed by atoms with Crippen molar-refractivity contribution in [1.29, 1.82) is 0 Å². The fourth-order valence-electron chi connectivity index (χ4n) is 3.68. The second-order valence-corrected chi connectivity index (χ2v) is 7.27. The fraction of sp³-hybridized carbons (Fsp3) is 0.231. The lowest BCUT2D eigenvalue weighted by molar-refractivity contribution is 0.360. The Balaban J connectivity index is 2.03. The van der Waals surface area contributed by atoms with Gasteiger partial charge in [0.05, 0.1) is 0 Å². The number of nitrogens with one attached hydrogen (secondary N) is 1. The maximum atomic E-state index is 3.00. The van der Waals surface area contributed by atoms with Crippen molar-refractivity contribution in [3.63, 3.8) is 0 Å². The number of hydrogen-bond donors (Lipinski definition) is 1. The van der Waals surface area contributed by atoms with E-state index in [1.165, 1.54) is 11.1 Å². The van der Waals surface area contributed by atoms with Crippen molar-refractivity contribution >= 4 is 0 Å². The number of hydrogen-bond acceptors (Lipinski definition) is 1. The first-order chi connectivity index (χ1) is 13.2. The topological polar surface area (TPSA) is 12.0 Å².